The molecule has 0 aliphatic carbocycles. The van der Waals surface area contributed by atoms with Crippen molar-refractivity contribution in [1.82, 2.24) is 9.78 Å². The van der Waals surface area contributed by atoms with Crippen LogP contribution in [-0.4, -0.2) is 22.0 Å². The summed E-state index contributed by atoms with van der Waals surface area (Å²) in [6, 6.07) is 2.50. The zero-order valence-corrected chi connectivity index (χ0v) is 11.4. The van der Waals surface area contributed by atoms with E-state index in [2.05, 4.69) is 11.2 Å². The van der Waals surface area contributed by atoms with Crippen LogP contribution in [0.3, 0.4) is 0 Å². The summed E-state index contributed by atoms with van der Waals surface area (Å²) in [7, 11) is 1.83. The molecule has 3 unspecified atom stereocenters. The van der Waals surface area contributed by atoms with E-state index in [1.54, 1.807) is 4.68 Å². The van der Waals surface area contributed by atoms with Crippen LogP contribution in [0.1, 0.15) is 30.5 Å². The number of aryl methyl sites for hydroxylation is 2. The van der Waals surface area contributed by atoms with Gasteiger partial charge in [0, 0.05) is 12.6 Å². The molecule has 3 heterocycles. The van der Waals surface area contributed by atoms with Crippen molar-refractivity contribution >= 4 is 11.6 Å². The summed E-state index contributed by atoms with van der Waals surface area (Å²) in [5.74, 6) is 0. The highest BCUT2D eigenvalue weighted by atomic mass is 35.5. The molecular weight excluding hydrogens is 250 g/mol. The van der Waals surface area contributed by atoms with E-state index in [4.69, 9.17) is 16.3 Å². The Balaban J connectivity index is 1.94. The fourth-order valence-electron chi connectivity index (χ4n) is 3.33. The van der Waals surface area contributed by atoms with E-state index in [0.717, 1.165) is 30.5 Å². The van der Waals surface area contributed by atoms with Gasteiger partial charge in [0.2, 0.25) is 0 Å². The van der Waals surface area contributed by atoms with Gasteiger partial charge in [-0.15, -0.1) is 0 Å². The van der Waals surface area contributed by atoms with E-state index >= 15 is 0 Å². The minimum Gasteiger partial charge on any atom is -0.373 e. The summed E-state index contributed by atoms with van der Waals surface area (Å²) in [6.45, 7) is 1.94. The van der Waals surface area contributed by atoms with Crippen molar-refractivity contribution < 1.29 is 4.74 Å². The highest BCUT2D eigenvalue weighted by molar-refractivity contribution is 6.30. The largest absolute Gasteiger partial charge is 0.373 e. The van der Waals surface area contributed by atoms with Gasteiger partial charge in [-0.2, -0.15) is 10.4 Å². The second-order valence-corrected chi connectivity index (χ2v) is 5.81. The number of nitrogens with zero attached hydrogens (tertiary/aromatic N) is 3. The van der Waals surface area contributed by atoms with Gasteiger partial charge in [-0.05, 0) is 32.6 Å². The van der Waals surface area contributed by atoms with Crippen molar-refractivity contribution in [3.05, 3.63) is 16.4 Å². The SMILES string of the molecule is Cc1nn(C)c(Cl)c1CC1(C#N)CC2CCC1O2. The fourth-order valence-corrected chi connectivity index (χ4v) is 3.57. The first kappa shape index (κ1) is 12.0. The maximum absolute atomic E-state index is 9.59. The van der Waals surface area contributed by atoms with Crippen LogP contribution in [0.4, 0.5) is 0 Å². The van der Waals surface area contributed by atoms with E-state index in [0.29, 0.717) is 11.6 Å². The van der Waals surface area contributed by atoms with E-state index in [1.165, 1.54) is 0 Å². The Labute approximate surface area is 111 Å². The first-order chi connectivity index (χ1) is 8.55. The van der Waals surface area contributed by atoms with Crippen LogP contribution in [0.15, 0.2) is 0 Å². The number of rotatable bonds is 2. The van der Waals surface area contributed by atoms with Gasteiger partial charge in [-0.25, -0.2) is 0 Å². The standard InChI is InChI=1S/C13H16ClN3O/c1-8-10(12(14)17(2)16-8)6-13(7-15)5-9-3-4-11(13)18-9/h9,11H,3-6H2,1-2H3. The third-order valence-electron chi connectivity index (χ3n) is 4.30. The minimum atomic E-state index is -0.402. The van der Waals surface area contributed by atoms with E-state index < -0.39 is 5.41 Å². The van der Waals surface area contributed by atoms with Gasteiger partial charge in [-0.3, -0.25) is 4.68 Å². The molecule has 2 saturated heterocycles. The molecule has 4 nitrogen and oxygen atoms in total. The monoisotopic (exact) mass is 265 g/mol. The Morgan fingerprint density at radius 1 is 1.61 bits per heavy atom. The summed E-state index contributed by atoms with van der Waals surface area (Å²) in [4.78, 5) is 0. The first-order valence-electron chi connectivity index (χ1n) is 6.30. The Morgan fingerprint density at radius 3 is 2.83 bits per heavy atom. The van der Waals surface area contributed by atoms with Crippen molar-refractivity contribution in [1.29, 1.82) is 5.26 Å². The number of aromatic nitrogens is 2. The second-order valence-electron chi connectivity index (χ2n) is 5.45. The number of halogens is 1. The van der Waals surface area contributed by atoms with Crippen molar-refractivity contribution in [3.63, 3.8) is 0 Å². The number of hydrogen-bond acceptors (Lipinski definition) is 3. The molecule has 0 saturated carbocycles. The molecule has 5 heteroatoms. The maximum atomic E-state index is 9.59. The van der Waals surface area contributed by atoms with Crippen LogP contribution in [0.25, 0.3) is 0 Å². The molecule has 0 radical (unpaired) electrons. The molecule has 0 N–H and O–H groups in total. The predicted molar refractivity (Wildman–Crippen MR) is 67.2 cm³/mol. The van der Waals surface area contributed by atoms with Gasteiger partial charge < -0.3 is 4.74 Å². The maximum Gasteiger partial charge on any atom is 0.130 e. The first-order valence-corrected chi connectivity index (χ1v) is 6.68. The Bertz CT molecular complexity index is 533. The molecule has 96 valence electrons. The topological polar surface area (TPSA) is 50.8 Å². The second kappa shape index (κ2) is 3.97. The lowest BCUT2D eigenvalue weighted by atomic mass is 9.71. The average Bonchev–Trinajstić information content (AvgIpc) is 3.00. The lowest BCUT2D eigenvalue weighted by Crippen LogP contribution is -2.33. The lowest BCUT2D eigenvalue weighted by molar-refractivity contribution is 0.0787. The van der Waals surface area contributed by atoms with Gasteiger partial charge in [0.1, 0.15) is 5.15 Å². The Morgan fingerprint density at radius 2 is 2.39 bits per heavy atom. The lowest BCUT2D eigenvalue weighted by Gasteiger charge is -2.28. The molecule has 2 aliphatic heterocycles. The van der Waals surface area contributed by atoms with Crippen LogP contribution < -0.4 is 0 Å². The molecule has 18 heavy (non-hydrogen) atoms. The average molecular weight is 266 g/mol. The third kappa shape index (κ3) is 1.58. The van der Waals surface area contributed by atoms with Crippen LogP contribution in [0.2, 0.25) is 5.15 Å². The normalized spacial score (nSPS) is 33.9. The number of nitriles is 1. The van der Waals surface area contributed by atoms with Crippen LogP contribution in [-0.2, 0) is 18.2 Å². The van der Waals surface area contributed by atoms with Crippen molar-refractivity contribution in [3.8, 4) is 6.07 Å². The highest BCUT2D eigenvalue weighted by Crippen LogP contribution is 2.49. The summed E-state index contributed by atoms with van der Waals surface area (Å²) in [6.07, 6.45) is 3.92. The van der Waals surface area contributed by atoms with Gasteiger partial charge in [-0.1, -0.05) is 11.6 Å². The quantitative estimate of drug-likeness (QED) is 0.825. The van der Waals surface area contributed by atoms with Crippen LogP contribution >= 0.6 is 11.6 Å². The summed E-state index contributed by atoms with van der Waals surface area (Å²) in [5, 5.41) is 14.5. The number of ether oxygens (including phenoxy) is 1. The molecule has 1 aromatic heterocycles. The Hall–Kier alpha value is -1.05. The molecule has 2 aliphatic rings. The number of fused-ring (bicyclic) bond motifs is 2. The van der Waals surface area contributed by atoms with Gasteiger partial charge in [0.15, 0.2) is 0 Å². The molecule has 0 spiro atoms. The zero-order chi connectivity index (χ0) is 12.9. The van der Waals surface area contributed by atoms with Gasteiger partial charge in [0.25, 0.3) is 0 Å². The summed E-state index contributed by atoms with van der Waals surface area (Å²) < 4.78 is 7.52. The molecule has 0 aromatic carbocycles. The number of hydrogen-bond donors (Lipinski definition) is 0. The smallest absolute Gasteiger partial charge is 0.130 e. The molecule has 1 aromatic rings. The zero-order valence-electron chi connectivity index (χ0n) is 10.6. The minimum absolute atomic E-state index is 0.0724. The van der Waals surface area contributed by atoms with Crippen molar-refractivity contribution in [2.24, 2.45) is 12.5 Å². The van der Waals surface area contributed by atoms with Crippen molar-refractivity contribution in [2.75, 3.05) is 0 Å². The fraction of sp³-hybridized carbons (Fsp3) is 0.692. The van der Waals surface area contributed by atoms with Crippen molar-refractivity contribution in [2.45, 2.75) is 44.8 Å². The molecule has 3 atom stereocenters. The van der Waals surface area contributed by atoms with Crippen LogP contribution in [0.5, 0.6) is 0 Å². The summed E-state index contributed by atoms with van der Waals surface area (Å²) in [5.41, 5.74) is 1.51. The highest BCUT2D eigenvalue weighted by Gasteiger charge is 2.53. The van der Waals surface area contributed by atoms with Gasteiger partial charge >= 0.3 is 0 Å². The molecule has 2 fully saturated rings. The summed E-state index contributed by atoms with van der Waals surface area (Å²) >= 11 is 6.26. The molecule has 2 bridgehead atoms. The van der Waals surface area contributed by atoms with Gasteiger partial charge in [0.05, 0.1) is 29.4 Å². The van der Waals surface area contributed by atoms with E-state index in [-0.39, 0.29) is 12.2 Å². The molecular formula is C13H16ClN3O. The molecule has 3 rings (SSSR count). The van der Waals surface area contributed by atoms with E-state index in [1.807, 2.05) is 14.0 Å². The molecule has 0 amide bonds. The Kier molecular flexibility index (Phi) is 2.65. The predicted octanol–water partition coefficient (Wildman–Crippen LogP) is 2.39. The third-order valence-corrected chi connectivity index (χ3v) is 4.77. The van der Waals surface area contributed by atoms with E-state index in [9.17, 15) is 5.26 Å². The van der Waals surface area contributed by atoms with Crippen LogP contribution in [0, 0.1) is 23.7 Å².